The molecule has 0 bridgehead atoms. The molecule has 7 heteroatoms. The lowest BCUT2D eigenvalue weighted by Gasteiger charge is -2.34. The molecule has 1 atom stereocenters. The van der Waals surface area contributed by atoms with E-state index >= 15 is 0 Å². The second-order valence-electron chi connectivity index (χ2n) is 6.82. The van der Waals surface area contributed by atoms with Crippen molar-refractivity contribution in [3.63, 3.8) is 0 Å². The molecule has 0 unspecified atom stereocenters. The first-order valence-corrected chi connectivity index (χ1v) is 10.7. The second kappa shape index (κ2) is 7.70. The first-order chi connectivity index (χ1) is 12.8. The number of hydrogen-bond donors (Lipinski definition) is 2. The third kappa shape index (κ3) is 4.67. The Balaban J connectivity index is 1.55. The van der Waals surface area contributed by atoms with Crippen molar-refractivity contribution in [2.45, 2.75) is 29.8 Å². The molecule has 0 aliphatic carbocycles. The fourth-order valence-corrected chi connectivity index (χ4v) is 3.75. The number of aliphatic hydroxyl groups is 1. The molecule has 1 heterocycles. The third-order valence-corrected chi connectivity index (χ3v) is 5.86. The van der Waals surface area contributed by atoms with Gasteiger partial charge in [0.2, 0.25) is 5.91 Å². The normalized spacial score (nSPS) is 19.0. The van der Waals surface area contributed by atoms with Gasteiger partial charge in [-0.3, -0.25) is 4.79 Å². The SMILES string of the molecule is CS(=O)(=O)c1ccc(CCC(=O)NC[C@@]2(O)CCOc3ccccc32)cc1. The van der Waals surface area contributed by atoms with Gasteiger partial charge in [0.25, 0.3) is 0 Å². The lowest BCUT2D eigenvalue weighted by molar-refractivity contribution is -0.122. The molecule has 6 nitrogen and oxygen atoms in total. The van der Waals surface area contributed by atoms with Crippen LogP contribution in [0.2, 0.25) is 0 Å². The predicted octanol–water partition coefficient (Wildman–Crippen LogP) is 1.81. The average Bonchev–Trinajstić information content (AvgIpc) is 2.65. The zero-order chi connectivity index (χ0) is 19.5. The molecule has 2 N–H and O–H groups in total. The maximum atomic E-state index is 12.2. The minimum Gasteiger partial charge on any atom is -0.493 e. The Kier molecular flexibility index (Phi) is 5.53. The van der Waals surface area contributed by atoms with Crippen LogP contribution in [0.1, 0.15) is 24.0 Å². The molecule has 27 heavy (non-hydrogen) atoms. The number of hydrogen-bond acceptors (Lipinski definition) is 5. The molecule has 1 amide bonds. The molecule has 2 aromatic rings. The van der Waals surface area contributed by atoms with Crippen molar-refractivity contribution < 1.29 is 23.1 Å². The highest BCUT2D eigenvalue weighted by molar-refractivity contribution is 7.90. The van der Waals surface area contributed by atoms with E-state index in [1.54, 1.807) is 30.3 Å². The summed E-state index contributed by atoms with van der Waals surface area (Å²) >= 11 is 0. The fourth-order valence-electron chi connectivity index (χ4n) is 3.12. The number of nitrogens with one attached hydrogen (secondary N) is 1. The van der Waals surface area contributed by atoms with Crippen LogP contribution in [0.4, 0.5) is 0 Å². The van der Waals surface area contributed by atoms with E-state index in [9.17, 15) is 18.3 Å². The van der Waals surface area contributed by atoms with Gasteiger partial charge in [-0.25, -0.2) is 8.42 Å². The van der Waals surface area contributed by atoms with Gasteiger partial charge in [0.1, 0.15) is 11.4 Å². The Hall–Kier alpha value is -2.38. The Morgan fingerprint density at radius 1 is 1.19 bits per heavy atom. The second-order valence-corrected chi connectivity index (χ2v) is 8.83. The zero-order valence-corrected chi connectivity index (χ0v) is 16.0. The van der Waals surface area contributed by atoms with Crippen LogP contribution in [0.3, 0.4) is 0 Å². The summed E-state index contributed by atoms with van der Waals surface area (Å²) in [6.45, 7) is 0.523. The number of carbonyl (C=O) groups is 1. The van der Waals surface area contributed by atoms with Gasteiger partial charge < -0.3 is 15.2 Å². The van der Waals surface area contributed by atoms with E-state index in [2.05, 4.69) is 5.32 Å². The van der Waals surface area contributed by atoms with E-state index in [4.69, 9.17) is 4.74 Å². The number of sulfone groups is 1. The summed E-state index contributed by atoms with van der Waals surface area (Å²) in [4.78, 5) is 12.5. The first kappa shape index (κ1) is 19.4. The largest absolute Gasteiger partial charge is 0.493 e. The smallest absolute Gasteiger partial charge is 0.220 e. The Morgan fingerprint density at radius 2 is 1.89 bits per heavy atom. The predicted molar refractivity (Wildman–Crippen MR) is 101 cm³/mol. The molecular formula is C20H23NO5S. The first-order valence-electron chi connectivity index (χ1n) is 8.78. The lowest BCUT2D eigenvalue weighted by atomic mass is 9.88. The fraction of sp³-hybridized carbons (Fsp3) is 0.350. The van der Waals surface area contributed by atoms with Gasteiger partial charge >= 0.3 is 0 Å². The van der Waals surface area contributed by atoms with Crippen molar-refractivity contribution in [1.29, 1.82) is 0 Å². The van der Waals surface area contributed by atoms with Crippen LogP contribution in [0.5, 0.6) is 5.75 Å². The van der Waals surface area contributed by atoms with Crippen LogP contribution in [-0.4, -0.2) is 38.8 Å². The molecule has 0 radical (unpaired) electrons. The molecule has 0 saturated heterocycles. The highest BCUT2D eigenvalue weighted by Crippen LogP contribution is 2.36. The van der Waals surface area contributed by atoms with Crippen LogP contribution < -0.4 is 10.1 Å². The van der Waals surface area contributed by atoms with Crippen LogP contribution >= 0.6 is 0 Å². The Morgan fingerprint density at radius 3 is 2.59 bits per heavy atom. The summed E-state index contributed by atoms with van der Waals surface area (Å²) in [6, 6.07) is 13.8. The standard InChI is InChI=1S/C20H23NO5S/c1-27(24,25)16-9-6-15(7-10-16)8-11-19(22)21-14-20(23)12-13-26-18-5-3-2-4-17(18)20/h2-7,9-10,23H,8,11-14H2,1H3,(H,21,22)/t20-/m0/s1. The number of ether oxygens (including phenoxy) is 1. The Labute approximate surface area is 159 Å². The minimum absolute atomic E-state index is 0.124. The van der Waals surface area contributed by atoms with Crippen molar-refractivity contribution in [2.24, 2.45) is 0 Å². The van der Waals surface area contributed by atoms with Crippen molar-refractivity contribution in [1.82, 2.24) is 5.32 Å². The highest BCUT2D eigenvalue weighted by Gasteiger charge is 2.35. The molecule has 1 aliphatic heterocycles. The van der Waals surface area contributed by atoms with E-state index < -0.39 is 15.4 Å². The number of para-hydroxylation sites is 1. The van der Waals surface area contributed by atoms with Gasteiger partial charge in [-0.15, -0.1) is 0 Å². The van der Waals surface area contributed by atoms with E-state index in [0.29, 0.717) is 30.8 Å². The molecule has 2 aromatic carbocycles. The van der Waals surface area contributed by atoms with E-state index in [1.165, 1.54) is 0 Å². The number of carbonyl (C=O) groups excluding carboxylic acids is 1. The van der Waals surface area contributed by atoms with E-state index in [0.717, 1.165) is 11.8 Å². The third-order valence-electron chi connectivity index (χ3n) is 4.73. The monoisotopic (exact) mass is 389 g/mol. The maximum Gasteiger partial charge on any atom is 0.220 e. The van der Waals surface area contributed by atoms with Gasteiger partial charge in [0.15, 0.2) is 9.84 Å². The van der Waals surface area contributed by atoms with Gasteiger partial charge in [0.05, 0.1) is 18.0 Å². The van der Waals surface area contributed by atoms with Crippen LogP contribution in [0, 0.1) is 0 Å². The molecule has 0 fully saturated rings. The zero-order valence-electron chi connectivity index (χ0n) is 15.1. The molecule has 0 aromatic heterocycles. The van der Waals surface area contributed by atoms with Gasteiger partial charge in [-0.2, -0.15) is 0 Å². The van der Waals surface area contributed by atoms with Crippen LogP contribution in [0.25, 0.3) is 0 Å². The van der Waals surface area contributed by atoms with E-state index in [-0.39, 0.29) is 23.8 Å². The molecular weight excluding hydrogens is 366 g/mol. The van der Waals surface area contributed by atoms with Crippen LogP contribution in [-0.2, 0) is 26.7 Å². The summed E-state index contributed by atoms with van der Waals surface area (Å²) in [7, 11) is -3.22. The van der Waals surface area contributed by atoms with Gasteiger partial charge in [-0.05, 0) is 30.2 Å². The number of fused-ring (bicyclic) bond motifs is 1. The van der Waals surface area contributed by atoms with Gasteiger partial charge in [-0.1, -0.05) is 30.3 Å². The number of benzene rings is 2. The van der Waals surface area contributed by atoms with Gasteiger partial charge in [0, 0.05) is 24.7 Å². The minimum atomic E-state index is -3.22. The van der Waals surface area contributed by atoms with Crippen molar-refractivity contribution in [3.05, 3.63) is 59.7 Å². The van der Waals surface area contributed by atoms with Crippen molar-refractivity contribution >= 4 is 15.7 Å². The lowest BCUT2D eigenvalue weighted by Crippen LogP contribution is -2.43. The van der Waals surface area contributed by atoms with Crippen LogP contribution in [0.15, 0.2) is 53.4 Å². The summed E-state index contributed by atoms with van der Waals surface area (Å²) < 4.78 is 28.5. The molecule has 3 rings (SSSR count). The number of amides is 1. The number of aryl methyl sites for hydroxylation is 1. The molecule has 0 saturated carbocycles. The highest BCUT2D eigenvalue weighted by atomic mass is 32.2. The molecule has 144 valence electrons. The van der Waals surface area contributed by atoms with Crippen molar-refractivity contribution in [2.75, 3.05) is 19.4 Å². The summed E-state index contributed by atoms with van der Waals surface area (Å²) in [6.07, 6.45) is 2.33. The quantitative estimate of drug-likeness (QED) is 0.786. The Bertz CT molecular complexity index is 924. The topological polar surface area (TPSA) is 92.7 Å². The summed E-state index contributed by atoms with van der Waals surface area (Å²) in [5.41, 5.74) is 0.433. The summed E-state index contributed by atoms with van der Waals surface area (Å²) in [5.74, 6) is 0.478. The van der Waals surface area contributed by atoms with E-state index in [1.807, 2.05) is 18.2 Å². The van der Waals surface area contributed by atoms with Crippen molar-refractivity contribution in [3.8, 4) is 5.75 Å². The molecule has 1 aliphatic rings. The number of rotatable bonds is 6. The maximum absolute atomic E-state index is 12.2. The average molecular weight is 389 g/mol. The molecule has 0 spiro atoms. The summed E-state index contributed by atoms with van der Waals surface area (Å²) in [5, 5.41) is 13.7.